The van der Waals surface area contributed by atoms with E-state index in [0.717, 1.165) is 12.3 Å². The van der Waals surface area contributed by atoms with E-state index in [1.807, 2.05) is 0 Å². The molecule has 0 rings (SSSR count). The number of unbranched alkanes of at least 4 members (excludes halogenated alkanes) is 4. The Morgan fingerprint density at radius 3 is 1.87 bits per heavy atom. The Labute approximate surface area is 96.3 Å². The third kappa shape index (κ3) is 10.2. The molecule has 1 unspecified atom stereocenters. The number of aliphatic hydroxyl groups excluding tert-OH is 1. The van der Waals surface area contributed by atoms with Gasteiger partial charge in [-0.05, 0) is 18.3 Å². The Morgan fingerprint density at radius 1 is 0.867 bits per heavy atom. The van der Waals surface area contributed by atoms with E-state index >= 15 is 0 Å². The summed E-state index contributed by atoms with van der Waals surface area (Å²) < 4.78 is 0. The maximum absolute atomic E-state index is 9.03. The standard InChI is InChI=1S/C14H30O/c1-4-14(12-15)11-9-7-5-6-8-10-13(2)3/h13-15H,4-12H2,1-3H3. The molecular weight excluding hydrogens is 184 g/mol. The van der Waals surface area contributed by atoms with Gasteiger partial charge in [-0.25, -0.2) is 0 Å². The second-order valence-corrected chi connectivity index (χ2v) is 5.20. The average Bonchev–Trinajstić information content (AvgIpc) is 2.22. The SMILES string of the molecule is CCC(CO)CCCCCCCC(C)C. The van der Waals surface area contributed by atoms with Crippen LogP contribution in [0.25, 0.3) is 0 Å². The van der Waals surface area contributed by atoms with Crippen molar-refractivity contribution in [3.05, 3.63) is 0 Å². The smallest absolute Gasteiger partial charge is 0.0459 e. The fourth-order valence-electron chi connectivity index (χ4n) is 1.94. The molecule has 0 aliphatic heterocycles. The van der Waals surface area contributed by atoms with Crippen LogP contribution in [0.2, 0.25) is 0 Å². The fourth-order valence-corrected chi connectivity index (χ4v) is 1.94. The zero-order valence-electron chi connectivity index (χ0n) is 11.0. The van der Waals surface area contributed by atoms with Crippen molar-refractivity contribution < 1.29 is 5.11 Å². The Morgan fingerprint density at radius 2 is 1.40 bits per heavy atom. The Hall–Kier alpha value is -0.0400. The lowest BCUT2D eigenvalue weighted by Crippen LogP contribution is -2.03. The van der Waals surface area contributed by atoms with Gasteiger partial charge in [0, 0.05) is 6.61 Å². The van der Waals surface area contributed by atoms with Gasteiger partial charge in [0.2, 0.25) is 0 Å². The molecule has 0 aromatic heterocycles. The second kappa shape index (κ2) is 10.5. The first kappa shape index (κ1) is 15.0. The third-order valence-corrected chi connectivity index (χ3v) is 3.23. The lowest BCUT2D eigenvalue weighted by Gasteiger charge is -2.10. The lowest BCUT2D eigenvalue weighted by molar-refractivity contribution is 0.211. The topological polar surface area (TPSA) is 20.2 Å². The Bertz CT molecular complexity index is 117. The molecule has 1 atom stereocenters. The maximum Gasteiger partial charge on any atom is 0.0459 e. The highest BCUT2D eigenvalue weighted by molar-refractivity contribution is 4.56. The number of hydrogen-bond acceptors (Lipinski definition) is 1. The van der Waals surface area contributed by atoms with Crippen LogP contribution in [0.5, 0.6) is 0 Å². The van der Waals surface area contributed by atoms with Crippen LogP contribution in [0.3, 0.4) is 0 Å². The molecule has 0 aromatic rings. The van der Waals surface area contributed by atoms with Gasteiger partial charge in [0.05, 0.1) is 0 Å². The number of aliphatic hydroxyl groups is 1. The predicted molar refractivity (Wildman–Crippen MR) is 68.0 cm³/mol. The summed E-state index contributed by atoms with van der Waals surface area (Å²) in [5, 5.41) is 9.03. The van der Waals surface area contributed by atoms with E-state index in [9.17, 15) is 0 Å². The molecule has 0 aliphatic carbocycles. The van der Waals surface area contributed by atoms with Crippen LogP contribution >= 0.6 is 0 Å². The number of hydrogen-bond donors (Lipinski definition) is 1. The van der Waals surface area contributed by atoms with Gasteiger partial charge in [0.1, 0.15) is 0 Å². The summed E-state index contributed by atoms with van der Waals surface area (Å²) in [6.07, 6.45) is 10.6. The average molecular weight is 214 g/mol. The van der Waals surface area contributed by atoms with Crippen LogP contribution in [-0.4, -0.2) is 11.7 Å². The molecule has 1 heteroatoms. The molecule has 92 valence electrons. The van der Waals surface area contributed by atoms with Crippen molar-refractivity contribution in [2.24, 2.45) is 11.8 Å². The molecule has 0 radical (unpaired) electrons. The lowest BCUT2D eigenvalue weighted by atomic mass is 9.98. The van der Waals surface area contributed by atoms with Crippen LogP contribution in [0, 0.1) is 11.8 Å². The Kier molecular flexibility index (Phi) is 10.4. The van der Waals surface area contributed by atoms with Gasteiger partial charge in [0.25, 0.3) is 0 Å². The van der Waals surface area contributed by atoms with Crippen molar-refractivity contribution in [3.63, 3.8) is 0 Å². The summed E-state index contributed by atoms with van der Waals surface area (Å²) in [6.45, 7) is 7.15. The van der Waals surface area contributed by atoms with E-state index in [1.54, 1.807) is 0 Å². The Balaban J connectivity index is 3.10. The summed E-state index contributed by atoms with van der Waals surface area (Å²) in [5.41, 5.74) is 0. The minimum atomic E-state index is 0.379. The molecule has 1 N–H and O–H groups in total. The van der Waals surface area contributed by atoms with Crippen LogP contribution in [-0.2, 0) is 0 Å². The van der Waals surface area contributed by atoms with Gasteiger partial charge in [-0.3, -0.25) is 0 Å². The molecule has 0 amide bonds. The minimum absolute atomic E-state index is 0.379. The first-order valence-electron chi connectivity index (χ1n) is 6.81. The van der Waals surface area contributed by atoms with Gasteiger partial charge in [-0.2, -0.15) is 0 Å². The molecule has 0 saturated heterocycles. The van der Waals surface area contributed by atoms with Crippen LogP contribution in [0.1, 0.15) is 72.1 Å². The maximum atomic E-state index is 9.03. The molecule has 0 saturated carbocycles. The van der Waals surface area contributed by atoms with Crippen LogP contribution in [0.4, 0.5) is 0 Å². The van der Waals surface area contributed by atoms with E-state index in [0.29, 0.717) is 12.5 Å². The predicted octanol–water partition coefficient (Wildman–Crippen LogP) is 4.39. The highest BCUT2D eigenvalue weighted by Crippen LogP contribution is 2.15. The summed E-state index contributed by atoms with van der Waals surface area (Å²) in [4.78, 5) is 0. The number of rotatable bonds is 10. The molecule has 15 heavy (non-hydrogen) atoms. The molecule has 0 heterocycles. The summed E-state index contributed by atoms with van der Waals surface area (Å²) in [7, 11) is 0. The quantitative estimate of drug-likeness (QED) is 0.535. The van der Waals surface area contributed by atoms with Gasteiger partial charge >= 0.3 is 0 Å². The first-order valence-corrected chi connectivity index (χ1v) is 6.81. The van der Waals surface area contributed by atoms with Crippen molar-refractivity contribution >= 4 is 0 Å². The third-order valence-electron chi connectivity index (χ3n) is 3.23. The highest BCUT2D eigenvalue weighted by atomic mass is 16.3. The minimum Gasteiger partial charge on any atom is -0.396 e. The summed E-state index contributed by atoms with van der Waals surface area (Å²) in [5.74, 6) is 1.42. The van der Waals surface area contributed by atoms with Crippen molar-refractivity contribution in [2.45, 2.75) is 72.1 Å². The molecular formula is C14H30O. The van der Waals surface area contributed by atoms with Gasteiger partial charge < -0.3 is 5.11 Å². The molecule has 0 aromatic carbocycles. The molecule has 1 nitrogen and oxygen atoms in total. The molecule has 0 fully saturated rings. The second-order valence-electron chi connectivity index (χ2n) is 5.20. The van der Waals surface area contributed by atoms with Crippen molar-refractivity contribution in [1.82, 2.24) is 0 Å². The highest BCUT2D eigenvalue weighted by Gasteiger charge is 2.03. The molecule has 0 bridgehead atoms. The zero-order chi connectivity index (χ0) is 11.5. The van der Waals surface area contributed by atoms with E-state index in [2.05, 4.69) is 20.8 Å². The van der Waals surface area contributed by atoms with Gasteiger partial charge in [-0.15, -0.1) is 0 Å². The van der Waals surface area contributed by atoms with Crippen molar-refractivity contribution in [2.75, 3.05) is 6.61 Å². The molecule has 0 spiro atoms. The van der Waals surface area contributed by atoms with E-state index in [-0.39, 0.29) is 0 Å². The first-order chi connectivity index (χ1) is 7.20. The zero-order valence-corrected chi connectivity index (χ0v) is 11.0. The largest absolute Gasteiger partial charge is 0.396 e. The van der Waals surface area contributed by atoms with Gasteiger partial charge in [0.15, 0.2) is 0 Å². The van der Waals surface area contributed by atoms with E-state index in [1.165, 1.54) is 44.9 Å². The van der Waals surface area contributed by atoms with Crippen LogP contribution in [0.15, 0.2) is 0 Å². The normalized spacial score (nSPS) is 13.4. The molecule has 0 aliphatic rings. The van der Waals surface area contributed by atoms with Gasteiger partial charge in [-0.1, -0.05) is 65.7 Å². The monoisotopic (exact) mass is 214 g/mol. The summed E-state index contributed by atoms with van der Waals surface area (Å²) in [6, 6.07) is 0. The van der Waals surface area contributed by atoms with Crippen molar-refractivity contribution in [1.29, 1.82) is 0 Å². The summed E-state index contributed by atoms with van der Waals surface area (Å²) >= 11 is 0. The van der Waals surface area contributed by atoms with E-state index in [4.69, 9.17) is 5.11 Å². The van der Waals surface area contributed by atoms with E-state index < -0.39 is 0 Å². The van der Waals surface area contributed by atoms with Crippen LogP contribution < -0.4 is 0 Å². The van der Waals surface area contributed by atoms with Crippen molar-refractivity contribution in [3.8, 4) is 0 Å². The fraction of sp³-hybridized carbons (Fsp3) is 1.00.